The second-order valence-corrected chi connectivity index (χ2v) is 4.41. The molecule has 0 radical (unpaired) electrons. The third-order valence-electron chi connectivity index (χ3n) is 3.31. The van der Waals surface area contributed by atoms with Gasteiger partial charge in [0.25, 0.3) is 0 Å². The molecule has 1 aliphatic heterocycles. The molecule has 3 rings (SSSR count). The summed E-state index contributed by atoms with van der Waals surface area (Å²) in [4.78, 5) is 4.17. The molecule has 5 nitrogen and oxygen atoms in total. The zero-order valence-electron chi connectivity index (χ0n) is 9.71. The highest BCUT2D eigenvalue weighted by molar-refractivity contribution is 5.52. The molecule has 2 unspecified atom stereocenters. The number of aryl methyl sites for hydroxylation is 1. The Morgan fingerprint density at radius 2 is 2.35 bits per heavy atom. The summed E-state index contributed by atoms with van der Waals surface area (Å²) in [6.07, 6.45) is 3.39. The Morgan fingerprint density at radius 3 is 3.12 bits per heavy atom. The molecule has 0 amide bonds. The van der Waals surface area contributed by atoms with Gasteiger partial charge < -0.3 is 9.84 Å². The lowest BCUT2D eigenvalue weighted by atomic mass is 10.1. The lowest BCUT2D eigenvalue weighted by Crippen LogP contribution is -2.12. The molecule has 0 spiro atoms. The van der Waals surface area contributed by atoms with Gasteiger partial charge in [0, 0.05) is 0 Å². The van der Waals surface area contributed by atoms with Crippen molar-refractivity contribution < 1.29 is 9.84 Å². The number of aliphatic hydroxyl groups is 1. The monoisotopic (exact) mass is 233 g/mol. The number of hydrogen-bond donors (Lipinski definition) is 1. The zero-order valence-corrected chi connectivity index (χ0v) is 9.71. The molecule has 0 aliphatic carbocycles. The van der Waals surface area contributed by atoms with E-state index in [9.17, 15) is 0 Å². The van der Waals surface area contributed by atoms with Crippen molar-refractivity contribution in [3.8, 4) is 0 Å². The van der Waals surface area contributed by atoms with Gasteiger partial charge in [-0.3, -0.25) is 0 Å². The lowest BCUT2D eigenvalue weighted by molar-refractivity contribution is 0.00855. The first-order chi connectivity index (χ1) is 8.29. The largest absolute Gasteiger partial charge is 0.394 e. The highest BCUT2D eigenvalue weighted by Crippen LogP contribution is 2.33. The van der Waals surface area contributed by atoms with Gasteiger partial charge in [-0.15, -0.1) is 0 Å². The highest BCUT2D eigenvalue weighted by Gasteiger charge is 2.28. The van der Waals surface area contributed by atoms with Crippen molar-refractivity contribution in [3.63, 3.8) is 0 Å². The fraction of sp³-hybridized carbons (Fsp3) is 0.500. The van der Waals surface area contributed by atoms with Crippen LogP contribution in [0.2, 0.25) is 0 Å². The van der Waals surface area contributed by atoms with E-state index >= 15 is 0 Å². The van der Waals surface area contributed by atoms with Gasteiger partial charge in [-0.25, -0.2) is 9.50 Å². The van der Waals surface area contributed by atoms with Gasteiger partial charge in [0.15, 0.2) is 0 Å². The van der Waals surface area contributed by atoms with Gasteiger partial charge in [-0.1, -0.05) is 0 Å². The number of aromatic nitrogens is 3. The lowest BCUT2D eigenvalue weighted by Gasteiger charge is -2.11. The van der Waals surface area contributed by atoms with Crippen molar-refractivity contribution in [3.05, 3.63) is 29.8 Å². The molecule has 1 fully saturated rings. The number of aliphatic hydroxyl groups excluding tert-OH is 1. The standard InChI is InChI=1S/C12H15N3O2/c1-8-10-3-4-11(15(10)14-7-13-8)12-5-2-9(6-16)17-12/h3-4,7,9,12,16H,2,5-6H2,1H3. The van der Waals surface area contributed by atoms with Crippen LogP contribution in [0.4, 0.5) is 0 Å². The second kappa shape index (κ2) is 4.09. The van der Waals surface area contributed by atoms with Crippen LogP contribution in [0.25, 0.3) is 5.52 Å². The first-order valence-corrected chi connectivity index (χ1v) is 5.85. The minimum Gasteiger partial charge on any atom is -0.394 e. The summed E-state index contributed by atoms with van der Waals surface area (Å²) in [6, 6.07) is 4.04. The molecular formula is C12H15N3O2. The van der Waals surface area contributed by atoms with Gasteiger partial charge in [-0.05, 0) is 31.9 Å². The second-order valence-electron chi connectivity index (χ2n) is 4.41. The third-order valence-corrected chi connectivity index (χ3v) is 3.31. The Kier molecular flexibility index (Phi) is 2.57. The molecule has 3 heterocycles. The van der Waals surface area contributed by atoms with Crippen LogP contribution in [0.5, 0.6) is 0 Å². The number of fused-ring (bicyclic) bond motifs is 1. The van der Waals surface area contributed by atoms with Crippen LogP contribution in [0.1, 0.15) is 30.3 Å². The van der Waals surface area contributed by atoms with E-state index < -0.39 is 0 Å². The van der Waals surface area contributed by atoms with Gasteiger partial charge in [0.2, 0.25) is 0 Å². The molecule has 1 saturated heterocycles. The Bertz CT molecular complexity index is 538. The van der Waals surface area contributed by atoms with E-state index in [2.05, 4.69) is 10.1 Å². The summed E-state index contributed by atoms with van der Waals surface area (Å²) in [5.74, 6) is 0. The smallest absolute Gasteiger partial charge is 0.136 e. The van der Waals surface area contributed by atoms with Crippen molar-refractivity contribution in [2.24, 2.45) is 0 Å². The molecule has 5 heteroatoms. The number of hydrogen-bond acceptors (Lipinski definition) is 4. The molecule has 0 saturated carbocycles. The summed E-state index contributed by atoms with van der Waals surface area (Å²) >= 11 is 0. The number of ether oxygens (including phenoxy) is 1. The van der Waals surface area contributed by atoms with Crippen LogP contribution in [-0.2, 0) is 4.74 Å². The van der Waals surface area contributed by atoms with Crippen molar-refractivity contribution in [2.45, 2.75) is 32.0 Å². The maximum atomic E-state index is 9.08. The summed E-state index contributed by atoms with van der Waals surface area (Å²) in [5, 5.41) is 13.3. The van der Waals surface area contributed by atoms with Crippen molar-refractivity contribution in [1.29, 1.82) is 0 Å². The van der Waals surface area contributed by atoms with Crippen LogP contribution >= 0.6 is 0 Å². The topological polar surface area (TPSA) is 59.7 Å². The molecule has 0 aromatic carbocycles. The summed E-state index contributed by atoms with van der Waals surface area (Å²) in [6.45, 7) is 2.06. The van der Waals surface area contributed by atoms with Gasteiger partial charge >= 0.3 is 0 Å². The zero-order chi connectivity index (χ0) is 11.8. The van der Waals surface area contributed by atoms with Gasteiger partial charge in [0.1, 0.15) is 12.4 Å². The Hall–Kier alpha value is -1.46. The van der Waals surface area contributed by atoms with E-state index in [1.54, 1.807) is 6.33 Å². The molecule has 2 aromatic heterocycles. The summed E-state index contributed by atoms with van der Waals surface area (Å²) in [7, 11) is 0. The van der Waals surface area contributed by atoms with Crippen molar-refractivity contribution in [1.82, 2.24) is 14.6 Å². The van der Waals surface area contributed by atoms with E-state index in [0.29, 0.717) is 0 Å². The number of nitrogens with zero attached hydrogens (tertiary/aromatic N) is 3. The molecule has 1 N–H and O–H groups in total. The first-order valence-electron chi connectivity index (χ1n) is 5.85. The van der Waals surface area contributed by atoms with Gasteiger partial charge in [0.05, 0.1) is 29.6 Å². The quantitative estimate of drug-likeness (QED) is 0.848. The third kappa shape index (κ3) is 1.71. The van der Waals surface area contributed by atoms with Gasteiger partial charge in [-0.2, -0.15) is 5.10 Å². The van der Waals surface area contributed by atoms with Crippen molar-refractivity contribution in [2.75, 3.05) is 6.61 Å². The van der Waals surface area contributed by atoms with Crippen LogP contribution in [0, 0.1) is 6.92 Å². The minimum absolute atomic E-state index is 0.0314. The summed E-state index contributed by atoms with van der Waals surface area (Å²) < 4.78 is 7.65. The molecular weight excluding hydrogens is 218 g/mol. The molecule has 17 heavy (non-hydrogen) atoms. The Labute approximate surface area is 99.0 Å². The fourth-order valence-corrected chi connectivity index (χ4v) is 2.38. The first kappa shape index (κ1) is 10.7. The predicted octanol–water partition coefficient (Wildman–Crippen LogP) is 1.25. The Balaban J connectivity index is 1.99. The number of rotatable bonds is 2. The molecule has 1 aliphatic rings. The normalized spacial score (nSPS) is 24.6. The summed E-state index contributed by atoms with van der Waals surface area (Å²) in [5.41, 5.74) is 3.02. The average Bonchev–Trinajstić information content (AvgIpc) is 2.94. The van der Waals surface area contributed by atoms with Crippen LogP contribution in [0.15, 0.2) is 18.5 Å². The van der Waals surface area contributed by atoms with Crippen molar-refractivity contribution >= 4 is 5.52 Å². The van der Waals surface area contributed by atoms with Crippen LogP contribution in [-0.4, -0.2) is 32.4 Å². The maximum absolute atomic E-state index is 9.08. The van der Waals surface area contributed by atoms with E-state index in [0.717, 1.165) is 29.7 Å². The SMILES string of the molecule is Cc1ncnn2c(C3CCC(CO)O3)ccc12. The molecule has 90 valence electrons. The highest BCUT2D eigenvalue weighted by atomic mass is 16.5. The average molecular weight is 233 g/mol. The molecule has 0 bridgehead atoms. The van der Waals surface area contributed by atoms with E-state index in [1.165, 1.54) is 0 Å². The maximum Gasteiger partial charge on any atom is 0.136 e. The fourth-order valence-electron chi connectivity index (χ4n) is 2.38. The van der Waals surface area contributed by atoms with E-state index in [1.807, 2.05) is 23.6 Å². The van der Waals surface area contributed by atoms with Crippen LogP contribution in [0.3, 0.4) is 0 Å². The molecule has 2 atom stereocenters. The van der Waals surface area contributed by atoms with E-state index in [4.69, 9.17) is 9.84 Å². The van der Waals surface area contributed by atoms with Crippen LogP contribution < -0.4 is 0 Å². The minimum atomic E-state index is -0.0338. The predicted molar refractivity (Wildman–Crippen MR) is 61.7 cm³/mol. The van der Waals surface area contributed by atoms with E-state index in [-0.39, 0.29) is 18.8 Å². The molecule has 2 aromatic rings. The Morgan fingerprint density at radius 1 is 1.47 bits per heavy atom.